The van der Waals surface area contributed by atoms with Gasteiger partial charge in [-0.15, -0.1) is 6.42 Å². The van der Waals surface area contributed by atoms with Crippen molar-refractivity contribution in [2.75, 3.05) is 11.5 Å². The third-order valence-electron chi connectivity index (χ3n) is 3.97. The van der Waals surface area contributed by atoms with Gasteiger partial charge in [0.15, 0.2) is 5.11 Å². The lowest BCUT2D eigenvalue weighted by molar-refractivity contribution is -0.122. The second-order valence-corrected chi connectivity index (χ2v) is 6.26. The van der Waals surface area contributed by atoms with Gasteiger partial charge in [0.1, 0.15) is 17.9 Å². The van der Waals surface area contributed by atoms with Gasteiger partial charge in [-0.3, -0.25) is 19.8 Å². The number of amides is 2. The van der Waals surface area contributed by atoms with Crippen molar-refractivity contribution < 1.29 is 24.2 Å². The van der Waals surface area contributed by atoms with Crippen molar-refractivity contribution in [3.63, 3.8) is 0 Å². The molecule has 3 rings (SSSR count). The van der Waals surface area contributed by atoms with Crippen LogP contribution in [0.15, 0.2) is 54.1 Å². The zero-order valence-corrected chi connectivity index (χ0v) is 15.7. The third kappa shape index (κ3) is 4.31. The molecule has 1 heterocycles. The van der Waals surface area contributed by atoms with E-state index in [0.29, 0.717) is 11.3 Å². The van der Waals surface area contributed by atoms with E-state index in [1.165, 1.54) is 30.3 Å². The van der Waals surface area contributed by atoms with Gasteiger partial charge in [-0.2, -0.15) is 0 Å². The van der Waals surface area contributed by atoms with E-state index < -0.39 is 17.8 Å². The van der Waals surface area contributed by atoms with Crippen LogP contribution in [0.25, 0.3) is 6.08 Å². The van der Waals surface area contributed by atoms with Gasteiger partial charge in [-0.25, -0.2) is 4.79 Å². The van der Waals surface area contributed by atoms with Crippen molar-refractivity contribution in [2.45, 2.75) is 0 Å². The maximum absolute atomic E-state index is 13.0. The monoisotopic (exact) mass is 406 g/mol. The Kier molecular flexibility index (Phi) is 5.71. The topological polar surface area (TPSA) is 95.9 Å². The number of benzene rings is 2. The lowest BCUT2D eigenvalue weighted by Crippen LogP contribution is -2.54. The predicted octanol–water partition coefficient (Wildman–Crippen LogP) is 2.23. The molecule has 0 unspecified atom stereocenters. The highest BCUT2D eigenvalue weighted by Gasteiger charge is 2.34. The van der Waals surface area contributed by atoms with Crippen molar-refractivity contribution in [1.29, 1.82) is 0 Å². The predicted molar refractivity (Wildman–Crippen MR) is 110 cm³/mol. The zero-order valence-electron chi connectivity index (χ0n) is 14.9. The smallest absolute Gasteiger partial charge is 0.335 e. The number of carbonyl (C=O) groups excluding carboxylic acids is 2. The Morgan fingerprint density at radius 2 is 1.97 bits per heavy atom. The largest absolute Gasteiger partial charge is 0.481 e. The molecule has 1 saturated heterocycles. The maximum atomic E-state index is 13.0. The number of rotatable bonds is 5. The fraction of sp³-hybridized carbons (Fsp3) is 0.0476. The summed E-state index contributed by atoms with van der Waals surface area (Å²) in [6, 6.07) is 12.4. The minimum atomic E-state index is -1.14. The highest BCUT2D eigenvalue weighted by Crippen LogP contribution is 2.23. The van der Waals surface area contributed by atoms with E-state index in [9.17, 15) is 14.4 Å². The number of nitrogens with one attached hydrogen (secondary N) is 1. The normalized spacial score (nSPS) is 15.1. The van der Waals surface area contributed by atoms with Gasteiger partial charge in [-0.1, -0.05) is 24.1 Å². The van der Waals surface area contributed by atoms with E-state index in [0.717, 1.165) is 4.90 Å². The van der Waals surface area contributed by atoms with Crippen molar-refractivity contribution in [1.82, 2.24) is 5.32 Å². The van der Waals surface area contributed by atoms with Gasteiger partial charge in [0, 0.05) is 0 Å². The summed E-state index contributed by atoms with van der Waals surface area (Å²) in [5, 5.41) is 11.5. The summed E-state index contributed by atoms with van der Waals surface area (Å²) >= 11 is 5.11. The number of hydrogen-bond acceptors (Lipinski definition) is 5. The van der Waals surface area contributed by atoms with Crippen LogP contribution in [0.3, 0.4) is 0 Å². The lowest BCUT2D eigenvalue weighted by Gasteiger charge is -2.29. The lowest BCUT2D eigenvalue weighted by atomic mass is 10.1. The van der Waals surface area contributed by atoms with E-state index in [1.807, 2.05) is 0 Å². The number of carboxylic acids is 1. The summed E-state index contributed by atoms with van der Waals surface area (Å²) in [6.07, 6.45) is 6.56. The molecule has 0 aliphatic carbocycles. The number of nitrogens with zero attached hydrogens (tertiary/aromatic N) is 1. The molecule has 1 fully saturated rings. The van der Waals surface area contributed by atoms with Gasteiger partial charge in [-0.05, 0) is 54.2 Å². The van der Waals surface area contributed by atoms with E-state index in [1.54, 1.807) is 24.3 Å². The Hall–Kier alpha value is -3.96. The molecule has 0 bridgehead atoms. The van der Waals surface area contributed by atoms with Crippen LogP contribution >= 0.6 is 12.2 Å². The van der Waals surface area contributed by atoms with E-state index >= 15 is 0 Å². The number of carboxylic acid groups (broad SMARTS) is 1. The number of ether oxygens (including phenoxy) is 1. The molecule has 2 aromatic rings. The molecule has 7 nitrogen and oxygen atoms in total. The second kappa shape index (κ2) is 8.37. The Bertz CT molecular complexity index is 1080. The molecule has 29 heavy (non-hydrogen) atoms. The Labute approximate surface area is 171 Å². The first kappa shape index (κ1) is 19.8. The van der Waals surface area contributed by atoms with Crippen molar-refractivity contribution in [3.05, 3.63) is 65.2 Å². The van der Waals surface area contributed by atoms with Gasteiger partial charge < -0.3 is 9.84 Å². The molecule has 144 valence electrons. The van der Waals surface area contributed by atoms with E-state index in [-0.39, 0.29) is 28.5 Å². The summed E-state index contributed by atoms with van der Waals surface area (Å²) in [5.41, 5.74) is 0.673. The second-order valence-electron chi connectivity index (χ2n) is 5.88. The quantitative estimate of drug-likeness (QED) is 0.342. The first-order valence-electron chi connectivity index (χ1n) is 8.32. The molecule has 0 radical (unpaired) electrons. The summed E-state index contributed by atoms with van der Waals surface area (Å²) < 4.78 is 5.29. The molecule has 0 atom stereocenters. The average Bonchev–Trinajstić information content (AvgIpc) is 2.70. The molecule has 0 aromatic heterocycles. The Balaban J connectivity index is 1.93. The molecule has 0 spiro atoms. The molecule has 1 aliphatic heterocycles. The molecule has 8 heteroatoms. The Morgan fingerprint density at radius 3 is 2.62 bits per heavy atom. The van der Waals surface area contributed by atoms with Crippen LogP contribution in [0.4, 0.5) is 5.69 Å². The van der Waals surface area contributed by atoms with Gasteiger partial charge in [0.05, 0.1) is 11.3 Å². The summed E-state index contributed by atoms with van der Waals surface area (Å²) in [5.74, 6) is 0.468. The summed E-state index contributed by atoms with van der Waals surface area (Å²) in [7, 11) is 0. The van der Waals surface area contributed by atoms with Crippen LogP contribution in [0.2, 0.25) is 0 Å². The summed E-state index contributed by atoms with van der Waals surface area (Å²) in [6.45, 7) is 0.128. The summed E-state index contributed by atoms with van der Waals surface area (Å²) in [4.78, 5) is 37.6. The number of anilines is 1. The number of aromatic carboxylic acids is 1. The fourth-order valence-electron chi connectivity index (χ4n) is 2.62. The molecular formula is C21H14N2O5S. The molecule has 2 amide bonds. The van der Waals surface area contributed by atoms with Crippen LogP contribution in [0, 0.1) is 12.3 Å². The number of carbonyl (C=O) groups is 3. The minimum absolute atomic E-state index is 0.0110. The van der Waals surface area contributed by atoms with Crippen LogP contribution < -0.4 is 15.0 Å². The third-order valence-corrected chi connectivity index (χ3v) is 4.25. The number of terminal acetylenes is 1. The van der Waals surface area contributed by atoms with Gasteiger partial charge in [0.25, 0.3) is 11.8 Å². The van der Waals surface area contributed by atoms with Crippen LogP contribution in [-0.2, 0) is 9.59 Å². The van der Waals surface area contributed by atoms with Crippen LogP contribution in [-0.4, -0.2) is 34.6 Å². The first-order valence-corrected chi connectivity index (χ1v) is 8.72. The van der Waals surface area contributed by atoms with E-state index in [2.05, 4.69) is 11.2 Å². The molecule has 2 aromatic carbocycles. The SMILES string of the molecule is C#CCOc1ccc(C=C2C(=O)NC(=S)N(c3cccc(C(=O)O)c3)C2=O)cc1. The van der Waals surface area contributed by atoms with Crippen LogP contribution in [0.5, 0.6) is 5.75 Å². The molecular weight excluding hydrogens is 392 g/mol. The zero-order chi connectivity index (χ0) is 21.0. The highest BCUT2D eigenvalue weighted by atomic mass is 32.1. The van der Waals surface area contributed by atoms with Crippen molar-refractivity contribution >= 4 is 46.9 Å². The highest BCUT2D eigenvalue weighted by molar-refractivity contribution is 7.80. The van der Waals surface area contributed by atoms with Crippen LogP contribution in [0.1, 0.15) is 15.9 Å². The van der Waals surface area contributed by atoms with Gasteiger partial charge >= 0.3 is 5.97 Å². The standard InChI is InChI=1S/C21H14N2O5S/c1-2-10-28-16-8-6-13(7-9-16)11-17-18(24)22-21(29)23(19(17)25)15-5-3-4-14(12-15)20(26)27/h1,3-9,11-12H,10H2,(H,26,27)(H,22,24,29). The average molecular weight is 406 g/mol. The van der Waals surface area contributed by atoms with Gasteiger partial charge in [0.2, 0.25) is 0 Å². The number of thiocarbonyl (C=S) groups is 1. The van der Waals surface area contributed by atoms with Crippen molar-refractivity contribution in [3.8, 4) is 18.1 Å². The van der Waals surface area contributed by atoms with Crippen molar-refractivity contribution in [2.24, 2.45) is 0 Å². The minimum Gasteiger partial charge on any atom is -0.481 e. The maximum Gasteiger partial charge on any atom is 0.335 e. The number of hydrogen-bond donors (Lipinski definition) is 2. The molecule has 2 N–H and O–H groups in total. The molecule has 0 saturated carbocycles. The van der Waals surface area contributed by atoms with E-state index in [4.69, 9.17) is 28.5 Å². The molecule has 1 aliphatic rings. The first-order chi connectivity index (χ1) is 13.9. The fourth-order valence-corrected chi connectivity index (χ4v) is 2.90. The Morgan fingerprint density at radius 1 is 1.24 bits per heavy atom.